The number of carbonyl (C=O) groups excluding carboxylic acids is 1. The average molecular weight is 436 g/mol. The molecule has 1 amide bonds. The second-order valence-electron chi connectivity index (χ2n) is 7.90. The second-order valence-corrected chi connectivity index (χ2v) is 7.90. The normalized spacial score (nSPS) is 15.5. The van der Waals surface area contributed by atoms with Gasteiger partial charge in [0.25, 0.3) is 0 Å². The van der Waals surface area contributed by atoms with Gasteiger partial charge in [-0.05, 0) is 44.0 Å². The van der Waals surface area contributed by atoms with Gasteiger partial charge in [-0.1, -0.05) is 30.3 Å². The summed E-state index contributed by atoms with van der Waals surface area (Å²) in [6, 6.07) is 17.3. The van der Waals surface area contributed by atoms with Crippen molar-refractivity contribution in [2.75, 3.05) is 20.3 Å². The third-order valence-electron chi connectivity index (χ3n) is 5.66. The largest absolute Gasteiger partial charge is 0.493 e. The quantitative estimate of drug-likeness (QED) is 0.521. The minimum atomic E-state index is -0.00407. The zero-order chi connectivity index (χ0) is 22.5. The molecule has 2 aromatic carbocycles. The fourth-order valence-corrected chi connectivity index (χ4v) is 3.91. The summed E-state index contributed by atoms with van der Waals surface area (Å²) in [5.74, 6) is 1.77. The summed E-state index contributed by atoms with van der Waals surface area (Å²) >= 11 is 0. The summed E-state index contributed by atoms with van der Waals surface area (Å²) in [6.45, 7) is 5.22. The van der Waals surface area contributed by atoms with Gasteiger partial charge in [-0.25, -0.2) is 4.68 Å². The van der Waals surface area contributed by atoms with Gasteiger partial charge in [-0.2, -0.15) is 5.10 Å². The number of ether oxygens (including phenoxy) is 3. The average Bonchev–Trinajstić information content (AvgIpc) is 3.43. The molecule has 0 unspecified atom stereocenters. The van der Waals surface area contributed by atoms with Gasteiger partial charge in [0, 0.05) is 20.1 Å². The molecule has 1 saturated heterocycles. The van der Waals surface area contributed by atoms with E-state index in [9.17, 15) is 4.79 Å². The Bertz CT molecular complexity index is 1060. The lowest BCUT2D eigenvalue weighted by atomic mass is 10.2. The van der Waals surface area contributed by atoms with E-state index in [1.807, 2.05) is 66.4 Å². The van der Waals surface area contributed by atoms with E-state index in [0.717, 1.165) is 36.4 Å². The SMILES string of the molecule is COc1ccccc1Oc1c(CN(C[C@H]2CCCO2)C(C)=O)c(C)nn1-c1ccccc1. The van der Waals surface area contributed by atoms with Crippen LogP contribution >= 0.6 is 0 Å². The first-order valence-electron chi connectivity index (χ1n) is 10.9. The van der Waals surface area contributed by atoms with Crippen LogP contribution in [0.1, 0.15) is 31.0 Å². The Kier molecular flexibility index (Phi) is 6.75. The minimum absolute atomic E-state index is 0.00407. The predicted octanol–water partition coefficient (Wildman–Crippen LogP) is 4.51. The highest BCUT2D eigenvalue weighted by molar-refractivity contribution is 5.73. The van der Waals surface area contributed by atoms with Crippen LogP contribution in [0, 0.1) is 6.92 Å². The smallest absolute Gasteiger partial charge is 0.228 e. The summed E-state index contributed by atoms with van der Waals surface area (Å²) in [7, 11) is 1.61. The fraction of sp³-hybridized carbons (Fsp3) is 0.360. The Balaban J connectivity index is 1.73. The van der Waals surface area contributed by atoms with E-state index in [1.54, 1.807) is 18.7 Å². The number of methoxy groups -OCH3 is 1. The molecule has 2 heterocycles. The third kappa shape index (κ3) is 4.78. The molecule has 0 radical (unpaired) electrons. The van der Waals surface area contributed by atoms with Gasteiger partial charge < -0.3 is 19.1 Å². The highest BCUT2D eigenvalue weighted by Crippen LogP contribution is 2.36. The van der Waals surface area contributed by atoms with Crippen molar-refractivity contribution in [2.45, 2.75) is 39.3 Å². The topological polar surface area (TPSA) is 65.8 Å². The maximum atomic E-state index is 12.5. The molecule has 1 aromatic heterocycles. The first-order chi connectivity index (χ1) is 15.6. The van der Waals surface area contributed by atoms with Crippen molar-refractivity contribution in [3.8, 4) is 23.1 Å². The molecule has 0 saturated carbocycles. The molecule has 1 fully saturated rings. The molecule has 0 bridgehead atoms. The lowest BCUT2D eigenvalue weighted by Crippen LogP contribution is -2.35. The van der Waals surface area contributed by atoms with Crippen LogP contribution in [-0.4, -0.2) is 47.0 Å². The van der Waals surface area contributed by atoms with Gasteiger partial charge in [0.1, 0.15) is 0 Å². The van der Waals surface area contributed by atoms with Crippen LogP contribution in [0.2, 0.25) is 0 Å². The molecule has 7 heteroatoms. The molecular formula is C25H29N3O4. The molecule has 7 nitrogen and oxygen atoms in total. The number of hydrogen-bond donors (Lipinski definition) is 0. The van der Waals surface area contributed by atoms with Crippen molar-refractivity contribution in [3.63, 3.8) is 0 Å². The van der Waals surface area contributed by atoms with Crippen LogP contribution in [0.15, 0.2) is 54.6 Å². The maximum absolute atomic E-state index is 12.5. The highest BCUT2D eigenvalue weighted by atomic mass is 16.5. The van der Waals surface area contributed by atoms with Gasteiger partial charge in [0.2, 0.25) is 11.8 Å². The van der Waals surface area contributed by atoms with Crippen LogP contribution in [0.25, 0.3) is 5.69 Å². The molecule has 168 valence electrons. The van der Waals surface area contributed by atoms with Crippen molar-refractivity contribution in [2.24, 2.45) is 0 Å². The van der Waals surface area contributed by atoms with Crippen molar-refractivity contribution in [1.29, 1.82) is 0 Å². The van der Waals surface area contributed by atoms with E-state index in [1.165, 1.54) is 0 Å². The molecule has 1 aliphatic rings. The van der Waals surface area contributed by atoms with Gasteiger partial charge in [0.15, 0.2) is 11.5 Å². The van der Waals surface area contributed by atoms with Crippen LogP contribution in [0.4, 0.5) is 0 Å². The number of rotatable bonds is 8. The second kappa shape index (κ2) is 9.87. The zero-order valence-electron chi connectivity index (χ0n) is 18.8. The Morgan fingerprint density at radius 2 is 1.88 bits per heavy atom. The fourth-order valence-electron chi connectivity index (χ4n) is 3.91. The van der Waals surface area contributed by atoms with Crippen LogP contribution < -0.4 is 9.47 Å². The molecule has 32 heavy (non-hydrogen) atoms. The molecule has 1 aliphatic heterocycles. The Hall–Kier alpha value is -3.32. The first-order valence-corrected chi connectivity index (χ1v) is 10.9. The maximum Gasteiger partial charge on any atom is 0.228 e. The summed E-state index contributed by atoms with van der Waals surface area (Å²) in [4.78, 5) is 14.3. The zero-order valence-corrected chi connectivity index (χ0v) is 18.8. The molecule has 0 aliphatic carbocycles. The minimum Gasteiger partial charge on any atom is -0.493 e. The van der Waals surface area contributed by atoms with E-state index in [0.29, 0.717) is 30.5 Å². The molecule has 4 rings (SSSR count). The highest BCUT2D eigenvalue weighted by Gasteiger charge is 2.26. The summed E-state index contributed by atoms with van der Waals surface area (Å²) in [5, 5.41) is 4.76. The lowest BCUT2D eigenvalue weighted by Gasteiger charge is -2.24. The van der Waals surface area contributed by atoms with Crippen LogP contribution in [0.5, 0.6) is 17.4 Å². The number of carbonyl (C=O) groups is 1. The van der Waals surface area contributed by atoms with E-state index >= 15 is 0 Å². The number of amides is 1. The predicted molar refractivity (Wildman–Crippen MR) is 121 cm³/mol. The van der Waals surface area contributed by atoms with Crippen molar-refractivity contribution < 1.29 is 19.0 Å². The Morgan fingerprint density at radius 1 is 1.16 bits per heavy atom. The van der Waals surface area contributed by atoms with Crippen LogP contribution in [0.3, 0.4) is 0 Å². The Morgan fingerprint density at radius 3 is 2.53 bits per heavy atom. The number of aromatic nitrogens is 2. The van der Waals surface area contributed by atoms with Crippen molar-refractivity contribution in [1.82, 2.24) is 14.7 Å². The number of nitrogens with zero attached hydrogens (tertiary/aromatic N) is 3. The van der Waals surface area contributed by atoms with Gasteiger partial charge >= 0.3 is 0 Å². The standard InChI is InChI=1S/C25H29N3O4/c1-18-22(17-27(19(2)29)16-21-12-9-15-31-21)25(28(26-18)20-10-5-4-6-11-20)32-24-14-8-7-13-23(24)30-3/h4-8,10-11,13-14,21H,9,12,15-17H2,1-3H3/t21-/m1/s1. The van der Waals surface area contributed by atoms with Gasteiger partial charge in [-0.3, -0.25) is 4.79 Å². The van der Waals surface area contributed by atoms with Gasteiger partial charge in [0.05, 0.1) is 36.7 Å². The molecule has 3 aromatic rings. The number of hydrogen-bond acceptors (Lipinski definition) is 5. The summed E-state index contributed by atoms with van der Waals surface area (Å²) in [6.07, 6.45) is 2.07. The third-order valence-corrected chi connectivity index (χ3v) is 5.66. The summed E-state index contributed by atoms with van der Waals surface area (Å²) < 4.78 is 19.4. The van der Waals surface area contributed by atoms with Gasteiger partial charge in [-0.15, -0.1) is 0 Å². The summed E-state index contributed by atoms with van der Waals surface area (Å²) in [5.41, 5.74) is 2.53. The number of benzene rings is 2. The number of aryl methyl sites for hydroxylation is 1. The van der Waals surface area contributed by atoms with E-state index in [-0.39, 0.29) is 12.0 Å². The molecule has 0 N–H and O–H groups in total. The number of para-hydroxylation sites is 3. The van der Waals surface area contributed by atoms with Crippen molar-refractivity contribution >= 4 is 5.91 Å². The van der Waals surface area contributed by atoms with Crippen LogP contribution in [-0.2, 0) is 16.1 Å². The van der Waals surface area contributed by atoms with E-state index in [2.05, 4.69) is 0 Å². The molecular weight excluding hydrogens is 406 g/mol. The van der Waals surface area contributed by atoms with E-state index < -0.39 is 0 Å². The lowest BCUT2D eigenvalue weighted by molar-refractivity contribution is -0.131. The monoisotopic (exact) mass is 435 g/mol. The molecule has 1 atom stereocenters. The molecule has 0 spiro atoms. The Labute approximate surface area is 188 Å². The first kappa shape index (κ1) is 21.9. The van der Waals surface area contributed by atoms with E-state index in [4.69, 9.17) is 19.3 Å². The van der Waals surface area contributed by atoms with Crippen molar-refractivity contribution in [3.05, 3.63) is 65.9 Å².